The molecular weight excluding hydrogens is 398 g/mol. The zero-order valence-electron chi connectivity index (χ0n) is 18.4. The summed E-state index contributed by atoms with van der Waals surface area (Å²) in [7, 11) is 0. The van der Waals surface area contributed by atoms with Crippen molar-refractivity contribution < 1.29 is 14.6 Å². The Morgan fingerprint density at radius 2 is 2.00 bits per heavy atom. The molecule has 0 radical (unpaired) electrons. The van der Waals surface area contributed by atoms with Crippen LogP contribution in [-0.4, -0.2) is 29.1 Å². The number of ether oxygens (including phenoxy) is 1. The molecule has 2 aromatic carbocycles. The number of rotatable bonds is 13. The number of aliphatic carboxylic acids is 1. The fraction of sp³-hybridized carbons (Fsp3) is 0.480. The Balaban J connectivity index is 2.05. The summed E-state index contributed by atoms with van der Waals surface area (Å²) in [4.78, 5) is 13.3. The molecule has 0 aliphatic heterocycles. The molecule has 1 unspecified atom stereocenters. The first-order valence-electron chi connectivity index (χ1n) is 10.8. The average Bonchev–Trinajstić information content (AvgIpc) is 2.71. The Hall–Kier alpha value is -2.04. The Morgan fingerprint density at radius 1 is 1.20 bits per heavy atom. The van der Waals surface area contributed by atoms with Crippen molar-refractivity contribution in [1.29, 1.82) is 0 Å². The number of halogens is 1. The van der Waals surface area contributed by atoms with Crippen LogP contribution >= 0.6 is 11.6 Å². The standard InChI is InChI=1S/C25H34ClNO3/c1-4-5-7-20(3)18-30-23-9-6-8-21(15-23)16-27(13-12-25(28)29)17-22-14-19(2)10-11-24(22)26/h6,8-11,14-15,20H,4-5,7,12-13,16-18H2,1-3H3,(H,28,29). The molecule has 0 aliphatic rings. The van der Waals surface area contributed by atoms with Gasteiger partial charge in [-0.2, -0.15) is 0 Å². The third-order valence-corrected chi connectivity index (χ3v) is 5.50. The highest BCUT2D eigenvalue weighted by Gasteiger charge is 2.13. The molecule has 4 nitrogen and oxygen atoms in total. The number of carboxylic acid groups (broad SMARTS) is 1. The summed E-state index contributed by atoms with van der Waals surface area (Å²) in [5.74, 6) is 0.597. The first-order valence-corrected chi connectivity index (χ1v) is 11.2. The summed E-state index contributed by atoms with van der Waals surface area (Å²) in [6, 6.07) is 14.0. The van der Waals surface area contributed by atoms with E-state index in [1.165, 1.54) is 19.3 Å². The lowest BCUT2D eigenvalue weighted by molar-refractivity contribution is -0.137. The van der Waals surface area contributed by atoms with Crippen molar-refractivity contribution in [2.45, 2.75) is 59.5 Å². The number of hydrogen-bond acceptors (Lipinski definition) is 3. The van der Waals surface area contributed by atoms with Gasteiger partial charge in [-0.15, -0.1) is 0 Å². The van der Waals surface area contributed by atoms with E-state index in [0.29, 0.717) is 37.2 Å². The number of carboxylic acids is 1. The van der Waals surface area contributed by atoms with E-state index in [0.717, 1.165) is 22.4 Å². The first-order chi connectivity index (χ1) is 14.4. The normalized spacial score (nSPS) is 12.2. The predicted octanol–water partition coefficient (Wildman–Crippen LogP) is 6.33. The van der Waals surface area contributed by atoms with Crippen molar-refractivity contribution in [3.05, 3.63) is 64.2 Å². The van der Waals surface area contributed by atoms with Crippen LogP contribution in [0.4, 0.5) is 0 Å². The van der Waals surface area contributed by atoms with E-state index in [4.69, 9.17) is 21.4 Å². The Morgan fingerprint density at radius 3 is 2.73 bits per heavy atom. The molecular formula is C25H34ClNO3. The zero-order valence-corrected chi connectivity index (χ0v) is 19.1. The van der Waals surface area contributed by atoms with Crippen molar-refractivity contribution in [3.8, 4) is 5.75 Å². The van der Waals surface area contributed by atoms with E-state index in [9.17, 15) is 4.79 Å². The topological polar surface area (TPSA) is 49.8 Å². The molecule has 0 saturated carbocycles. The Labute approximate surface area is 185 Å². The van der Waals surface area contributed by atoms with Gasteiger partial charge in [0, 0.05) is 24.7 Å². The zero-order chi connectivity index (χ0) is 21.9. The molecule has 0 amide bonds. The number of benzene rings is 2. The summed E-state index contributed by atoms with van der Waals surface area (Å²) in [5, 5.41) is 9.86. The molecule has 2 rings (SSSR count). The van der Waals surface area contributed by atoms with Gasteiger partial charge in [0.2, 0.25) is 0 Å². The minimum absolute atomic E-state index is 0.0918. The lowest BCUT2D eigenvalue weighted by Gasteiger charge is -2.23. The van der Waals surface area contributed by atoms with Gasteiger partial charge in [-0.05, 0) is 48.6 Å². The van der Waals surface area contributed by atoms with Gasteiger partial charge in [0.1, 0.15) is 5.75 Å². The van der Waals surface area contributed by atoms with E-state index in [1.54, 1.807) is 0 Å². The van der Waals surface area contributed by atoms with Gasteiger partial charge >= 0.3 is 5.97 Å². The second-order valence-electron chi connectivity index (χ2n) is 8.16. The minimum Gasteiger partial charge on any atom is -0.493 e. The van der Waals surface area contributed by atoms with Crippen molar-refractivity contribution in [2.75, 3.05) is 13.2 Å². The number of nitrogens with zero attached hydrogens (tertiary/aromatic N) is 1. The van der Waals surface area contributed by atoms with E-state index < -0.39 is 5.97 Å². The maximum Gasteiger partial charge on any atom is 0.304 e. The molecule has 0 saturated heterocycles. The van der Waals surface area contributed by atoms with E-state index in [2.05, 4.69) is 36.9 Å². The van der Waals surface area contributed by atoms with Crippen LogP contribution in [0.3, 0.4) is 0 Å². The smallest absolute Gasteiger partial charge is 0.304 e. The van der Waals surface area contributed by atoms with E-state index >= 15 is 0 Å². The quantitative estimate of drug-likeness (QED) is 0.402. The molecule has 2 aromatic rings. The van der Waals surface area contributed by atoms with Gasteiger partial charge < -0.3 is 9.84 Å². The van der Waals surface area contributed by atoms with Crippen LogP contribution in [0.2, 0.25) is 5.02 Å². The molecule has 0 bridgehead atoms. The molecule has 1 N–H and O–H groups in total. The van der Waals surface area contributed by atoms with Gasteiger partial charge in [-0.3, -0.25) is 9.69 Å². The summed E-state index contributed by atoms with van der Waals surface area (Å²) < 4.78 is 6.00. The summed E-state index contributed by atoms with van der Waals surface area (Å²) in [6.45, 7) is 8.87. The number of hydrogen-bond donors (Lipinski definition) is 1. The third kappa shape index (κ3) is 8.76. The van der Waals surface area contributed by atoms with Crippen LogP contribution < -0.4 is 4.74 Å². The Kier molecular flexibility index (Phi) is 10.2. The molecule has 0 aliphatic carbocycles. The maximum atomic E-state index is 11.1. The lowest BCUT2D eigenvalue weighted by atomic mass is 10.1. The molecule has 0 heterocycles. The van der Waals surface area contributed by atoms with Crippen LogP contribution in [0, 0.1) is 12.8 Å². The first kappa shape index (κ1) is 24.2. The molecule has 30 heavy (non-hydrogen) atoms. The number of aryl methyl sites for hydroxylation is 1. The van der Waals surface area contributed by atoms with E-state index in [-0.39, 0.29) is 6.42 Å². The molecule has 1 atom stereocenters. The highest BCUT2D eigenvalue weighted by Crippen LogP contribution is 2.22. The maximum absolute atomic E-state index is 11.1. The van der Waals surface area contributed by atoms with Gasteiger partial charge in [-0.1, -0.05) is 68.1 Å². The molecule has 164 valence electrons. The fourth-order valence-corrected chi connectivity index (χ4v) is 3.58. The summed E-state index contributed by atoms with van der Waals surface area (Å²) in [5.41, 5.74) is 3.25. The van der Waals surface area contributed by atoms with Crippen LogP contribution in [0.1, 0.15) is 56.2 Å². The predicted molar refractivity (Wildman–Crippen MR) is 123 cm³/mol. The number of carbonyl (C=O) groups is 1. The van der Waals surface area contributed by atoms with Crippen LogP contribution in [0.15, 0.2) is 42.5 Å². The van der Waals surface area contributed by atoms with Gasteiger partial charge in [0.05, 0.1) is 13.0 Å². The highest BCUT2D eigenvalue weighted by atomic mass is 35.5. The third-order valence-electron chi connectivity index (χ3n) is 5.13. The van der Waals surface area contributed by atoms with Crippen LogP contribution in [0.5, 0.6) is 5.75 Å². The minimum atomic E-state index is -0.798. The van der Waals surface area contributed by atoms with Crippen molar-refractivity contribution >= 4 is 17.6 Å². The molecule has 0 fully saturated rings. The second kappa shape index (κ2) is 12.6. The molecule has 0 aromatic heterocycles. The second-order valence-corrected chi connectivity index (χ2v) is 8.56. The lowest BCUT2D eigenvalue weighted by Crippen LogP contribution is -2.26. The van der Waals surface area contributed by atoms with Crippen molar-refractivity contribution in [3.63, 3.8) is 0 Å². The van der Waals surface area contributed by atoms with Crippen LogP contribution in [0.25, 0.3) is 0 Å². The fourth-order valence-electron chi connectivity index (χ4n) is 3.40. The summed E-state index contributed by atoms with van der Waals surface area (Å²) in [6.07, 6.45) is 3.70. The average molecular weight is 432 g/mol. The van der Waals surface area contributed by atoms with Crippen molar-refractivity contribution in [1.82, 2.24) is 4.90 Å². The molecule has 0 spiro atoms. The summed E-state index contributed by atoms with van der Waals surface area (Å²) >= 11 is 6.38. The monoisotopic (exact) mass is 431 g/mol. The molecule has 5 heteroatoms. The van der Waals surface area contributed by atoms with Gasteiger partial charge in [-0.25, -0.2) is 0 Å². The van der Waals surface area contributed by atoms with E-state index in [1.807, 2.05) is 31.2 Å². The Bertz CT molecular complexity index is 809. The number of unbranched alkanes of at least 4 members (excludes halogenated alkanes) is 1. The van der Waals surface area contributed by atoms with Crippen molar-refractivity contribution in [2.24, 2.45) is 5.92 Å². The van der Waals surface area contributed by atoms with Gasteiger partial charge in [0.15, 0.2) is 0 Å². The van der Waals surface area contributed by atoms with Crippen LogP contribution in [-0.2, 0) is 17.9 Å². The van der Waals surface area contributed by atoms with Gasteiger partial charge in [0.25, 0.3) is 0 Å². The SMILES string of the molecule is CCCCC(C)COc1cccc(CN(CCC(=O)O)Cc2cc(C)ccc2Cl)c1. The largest absolute Gasteiger partial charge is 0.493 e. The highest BCUT2D eigenvalue weighted by molar-refractivity contribution is 6.31.